The van der Waals surface area contributed by atoms with Crippen molar-refractivity contribution < 1.29 is 39.1 Å². The number of hydrogen-bond acceptors (Lipinski definition) is 11. The van der Waals surface area contributed by atoms with Gasteiger partial charge in [-0.1, -0.05) is 36.8 Å². The van der Waals surface area contributed by atoms with Crippen LogP contribution in [-0.2, 0) is 35.1 Å². The van der Waals surface area contributed by atoms with E-state index >= 15 is 0 Å². The van der Waals surface area contributed by atoms with Gasteiger partial charge in [0.05, 0.1) is 31.3 Å². The normalized spacial score (nSPS) is 16.9. The van der Waals surface area contributed by atoms with Gasteiger partial charge in [-0.3, -0.25) is 30.2 Å². The van der Waals surface area contributed by atoms with Crippen LogP contribution in [0.2, 0.25) is 0 Å². The third kappa shape index (κ3) is 11.0. The standard InChI is InChI=1S/C26H42N4O8/c1-2-36-25(32)22(15-14-20-10-4-3-5-11-20)28-21(12-6-7-16-27)24(31)29-17-8-13-23(29)26(33)37-18-9-19-38-30(34)35/h3-5,10-11,21-23,28,34-35H,2,6-9,12-19,27H2,1H3. The van der Waals surface area contributed by atoms with Crippen molar-refractivity contribution in [2.45, 2.75) is 76.4 Å². The molecule has 3 unspecified atom stereocenters. The largest absolute Gasteiger partial charge is 0.465 e. The van der Waals surface area contributed by atoms with Gasteiger partial charge >= 0.3 is 11.9 Å². The highest BCUT2D eigenvalue weighted by molar-refractivity contribution is 5.89. The Labute approximate surface area is 223 Å². The molecule has 5 N–H and O–H groups in total. The summed E-state index contributed by atoms with van der Waals surface area (Å²) in [5, 5.41) is 19.9. The van der Waals surface area contributed by atoms with Crippen LogP contribution in [0.1, 0.15) is 57.4 Å². The number of hydrogen-bond donors (Lipinski definition) is 4. The molecule has 0 aromatic heterocycles. The number of carbonyl (C=O) groups is 3. The smallest absolute Gasteiger partial charge is 0.328 e. The minimum Gasteiger partial charge on any atom is -0.465 e. The van der Waals surface area contributed by atoms with E-state index in [1.165, 1.54) is 4.90 Å². The van der Waals surface area contributed by atoms with E-state index in [0.717, 1.165) is 12.0 Å². The topological polar surface area (TPSA) is 164 Å². The summed E-state index contributed by atoms with van der Waals surface area (Å²) in [6.07, 6.45) is 4.35. The molecule has 3 atom stereocenters. The lowest BCUT2D eigenvalue weighted by atomic mass is 10.0. The van der Waals surface area contributed by atoms with Crippen LogP contribution in [0.5, 0.6) is 0 Å². The fourth-order valence-corrected chi connectivity index (χ4v) is 4.43. The Bertz CT molecular complexity index is 842. The quantitative estimate of drug-likeness (QED) is 0.122. The molecule has 1 aromatic carbocycles. The van der Waals surface area contributed by atoms with Gasteiger partial charge in [0.25, 0.3) is 0 Å². The Kier molecular flexibility index (Phi) is 14.8. The van der Waals surface area contributed by atoms with Crippen LogP contribution >= 0.6 is 0 Å². The summed E-state index contributed by atoms with van der Waals surface area (Å²) in [5.74, 6) is -1.19. The van der Waals surface area contributed by atoms with Crippen molar-refractivity contribution in [2.75, 3.05) is 32.9 Å². The Morgan fingerprint density at radius 1 is 1.08 bits per heavy atom. The van der Waals surface area contributed by atoms with Gasteiger partial charge in [0.15, 0.2) is 0 Å². The van der Waals surface area contributed by atoms with Gasteiger partial charge in [0.1, 0.15) is 12.1 Å². The Hall–Kier alpha value is -2.61. The molecular formula is C26H42N4O8. The predicted molar refractivity (Wildman–Crippen MR) is 137 cm³/mol. The average molecular weight is 539 g/mol. The molecule has 0 spiro atoms. The zero-order valence-electron chi connectivity index (χ0n) is 22.1. The van der Waals surface area contributed by atoms with Crippen LogP contribution in [0.25, 0.3) is 0 Å². The van der Waals surface area contributed by atoms with E-state index in [-0.39, 0.29) is 32.1 Å². The molecular weight excluding hydrogens is 496 g/mol. The molecule has 1 fully saturated rings. The highest BCUT2D eigenvalue weighted by Crippen LogP contribution is 2.22. The second kappa shape index (κ2) is 17.8. The van der Waals surface area contributed by atoms with Crippen molar-refractivity contribution in [1.29, 1.82) is 0 Å². The molecule has 12 nitrogen and oxygen atoms in total. The van der Waals surface area contributed by atoms with Crippen LogP contribution in [0.15, 0.2) is 30.3 Å². The second-order valence-electron chi connectivity index (χ2n) is 9.13. The van der Waals surface area contributed by atoms with Crippen molar-refractivity contribution in [3.05, 3.63) is 35.9 Å². The highest BCUT2D eigenvalue weighted by Gasteiger charge is 2.39. The molecule has 214 valence electrons. The molecule has 1 heterocycles. The first-order valence-electron chi connectivity index (χ1n) is 13.3. The summed E-state index contributed by atoms with van der Waals surface area (Å²) in [5.41, 5.74) is 6.75. The number of amides is 1. The second-order valence-corrected chi connectivity index (χ2v) is 9.13. The van der Waals surface area contributed by atoms with Gasteiger partial charge in [-0.2, -0.15) is 0 Å². The van der Waals surface area contributed by atoms with Crippen molar-refractivity contribution in [3.8, 4) is 0 Å². The molecule has 0 bridgehead atoms. The Balaban J connectivity index is 2.07. The molecule has 1 aliphatic rings. The van der Waals surface area contributed by atoms with Crippen molar-refractivity contribution in [1.82, 2.24) is 15.6 Å². The summed E-state index contributed by atoms with van der Waals surface area (Å²) in [6.45, 7) is 2.82. The minimum absolute atomic E-state index is 0.00774. The van der Waals surface area contributed by atoms with E-state index < -0.39 is 35.5 Å². The summed E-state index contributed by atoms with van der Waals surface area (Å²) in [7, 11) is 0. The van der Waals surface area contributed by atoms with Gasteiger partial charge in [0, 0.05) is 13.0 Å². The molecule has 1 amide bonds. The highest BCUT2D eigenvalue weighted by atomic mass is 17.1. The van der Waals surface area contributed by atoms with E-state index in [9.17, 15) is 14.4 Å². The summed E-state index contributed by atoms with van der Waals surface area (Å²) in [6, 6.07) is 7.69. The van der Waals surface area contributed by atoms with Gasteiger partial charge in [-0.05, 0) is 57.6 Å². The average Bonchev–Trinajstić information content (AvgIpc) is 3.40. The third-order valence-electron chi connectivity index (χ3n) is 6.33. The fraction of sp³-hybridized carbons (Fsp3) is 0.654. The van der Waals surface area contributed by atoms with Crippen molar-refractivity contribution in [2.24, 2.45) is 5.73 Å². The zero-order chi connectivity index (χ0) is 27.8. The SMILES string of the molecule is CCOC(=O)C(CCc1ccccc1)NC(CCCCN)C(=O)N1CCCC1C(=O)OCCCON(O)O. The van der Waals surface area contributed by atoms with Crippen LogP contribution in [-0.4, -0.2) is 89.6 Å². The molecule has 0 radical (unpaired) electrons. The number of likely N-dealkylation sites (tertiary alicyclic amines) is 1. The predicted octanol–water partition coefficient (Wildman–Crippen LogP) is 1.57. The maximum atomic E-state index is 13.7. The maximum Gasteiger partial charge on any atom is 0.328 e. The van der Waals surface area contributed by atoms with E-state index in [1.54, 1.807) is 6.92 Å². The lowest BCUT2D eigenvalue weighted by Crippen LogP contribution is -2.54. The number of nitrogens with two attached hydrogens (primary N) is 1. The van der Waals surface area contributed by atoms with Crippen molar-refractivity contribution >= 4 is 17.8 Å². The first-order valence-corrected chi connectivity index (χ1v) is 13.3. The molecule has 1 aromatic rings. The summed E-state index contributed by atoms with van der Waals surface area (Å²) < 4.78 is 10.6. The van der Waals surface area contributed by atoms with E-state index in [0.29, 0.717) is 51.6 Å². The first-order chi connectivity index (χ1) is 18.4. The number of nitrogens with one attached hydrogen (secondary N) is 1. The van der Waals surface area contributed by atoms with Gasteiger partial charge in [-0.15, -0.1) is 0 Å². The number of nitrogens with zero attached hydrogens (tertiary/aromatic N) is 2. The molecule has 2 rings (SSSR count). The van der Waals surface area contributed by atoms with Crippen molar-refractivity contribution in [3.63, 3.8) is 0 Å². The number of esters is 2. The molecule has 0 aliphatic carbocycles. The van der Waals surface area contributed by atoms with E-state index in [2.05, 4.69) is 10.2 Å². The zero-order valence-corrected chi connectivity index (χ0v) is 22.1. The molecule has 38 heavy (non-hydrogen) atoms. The number of rotatable bonds is 18. The van der Waals surface area contributed by atoms with Crippen LogP contribution in [0.4, 0.5) is 0 Å². The number of aryl methyl sites for hydroxylation is 1. The number of unbranched alkanes of at least 4 members (excludes halogenated alkanes) is 1. The monoisotopic (exact) mass is 538 g/mol. The Morgan fingerprint density at radius 2 is 1.84 bits per heavy atom. The lowest BCUT2D eigenvalue weighted by molar-refractivity contribution is -0.492. The Morgan fingerprint density at radius 3 is 2.53 bits per heavy atom. The first kappa shape index (κ1) is 31.6. The summed E-state index contributed by atoms with van der Waals surface area (Å²) >= 11 is 0. The molecule has 12 heteroatoms. The minimum atomic E-state index is -0.722. The van der Waals surface area contributed by atoms with Crippen LogP contribution in [0, 0.1) is 0 Å². The van der Waals surface area contributed by atoms with E-state index in [4.69, 9.17) is 25.6 Å². The molecule has 0 saturated carbocycles. The lowest BCUT2D eigenvalue weighted by Gasteiger charge is -2.30. The number of ether oxygens (including phenoxy) is 2. The third-order valence-corrected chi connectivity index (χ3v) is 6.33. The number of benzene rings is 1. The van der Waals surface area contributed by atoms with E-state index in [1.807, 2.05) is 30.3 Å². The van der Waals surface area contributed by atoms with Crippen LogP contribution < -0.4 is 11.1 Å². The maximum absolute atomic E-state index is 13.7. The fourth-order valence-electron chi connectivity index (χ4n) is 4.43. The van der Waals surface area contributed by atoms with Gasteiger partial charge in [0.2, 0.25) is 5.91 Å². The number of carbonyl (C=O) groups excluding carboxylic acids is 3. The van der Waals surface area contributed by atoms with Gasteiger partial charge < -0.3 is 20.1 Å². The molecule has 1 saturated heterocycles. The summed E-state index contributed by atoms with van der Waals surface area (Å²) in [4.78, 5) is 45.2. The van der Waals surface area contributed by atoms with Crippen LogP contribution in [0.3, 0.4) is 0 Å². The molecule has 1 aliphatic heterocycles. The van der Waals surface area contributed by atoms with Gasteiger partial charge in [-0.25, -0.2) is 4.79 Å².